The Morgan fingerprint density at radius 1 is 1.52 bits per heavy atom. The molecule has 2 N–H and O–H groups in total. The van der Waals surface area contributed by atoms with Crippen LogP contribution in [0.4, 0.5) is 0 Å². The molecule has 7 heteroatoms. The normalized spacial score (nSPS) is 12.1. The van der Waals surface area contributed by atoms with Gasteiger partial charge in [0.2, 0.25) is 17.1 Å². The van der Waals surface area contributed by atoms with Crippen molar-refractivity contribution in [2.24, 2.45) is 0 Å². The number of ether oxygens (including phenoxy) is 1. The third kappa shape index (κ3) is 4.15. The van der Waals surface area contributed by atoms with Gasteiger partial charge in [-0.2, -0.15) is 0 Å². The van der Waals surface area contributed by atoms with Crippen LogP contribution in [0, 0.1) is 0 Å². The molecule has 114 valence electrons. The first-order valence-electron chi connectivity index (χ1n) is 6.69. The zero-order valence-corrected chi connectivity index (χ0v) is 13.4. The van der Waals surface area contributed by atoms with Crippen molar-refractivity contribution in [2.75, 3.05) is 13.6 Å². The fourth-order valence-electron chi connectivity index (χ4n) is 2.10. The first-order chi connectivity index (χ1) is 9.76. The van der Waals surface area contributed by atoms with Crippen molar-refractivity contribution in [1.82, 2.24) is 14.9 Å². The van der Waals surface area contributed by atoms with Gasteiger partial charge in [-0.3, -0.25) is 14.7 Å². The minimum Gasteiger partial charge on any atom is -0.459 e. The van der Waals surface area contributed by atoms with Gasteiger partial charge in [0.05, 0.1) is 12.7 Å². The van der Waals surface area contributed by atoms with E-state index in [1.807, 2.05) is 38.9 Å². The molecular formula is C14H20ClN4O2+. The molecule has 2 heterocycles. The molecule has 0 aliphatic rings. The third-order valence-electron chi connectivity index (χ3n) is 2.81. The van der Waals surface area contributed by atoms with Gasteiger partial charge in [0, 0.05) is 12.1 Å². The van der Waals surface area contributed by atoms with E-state index in [0.717, 1.165) is 16.6 Å². The Balaban J connectivity index is 2.05. The Hall–Kier alpha value is -1.66. The highest BCUT2D eigenvalue weighted by molar-refractivity contribution is 6.34. The fourth-order valence-corrected chi connectivity index (χ4v) is 2.36. The van der Waals surface area contributed by atoms with E-state index >= 15 is 0 Å². The molecule has 0 aliphatic heterocycles. The number of carbonyl (C=O) groups excluding carboxylic acids is 1. The van der Waals surface area contributed by atoms with E-state index in [0.29, 0.717) is 11.7 Å². The van der Waals surface area contributed by atoms with Crippen molar-refractivity contribution >= 4 is 28.6 Å². The molecule has 21 heavy (non-hydrogen) atoms. The average Bonchev–Trinajstić information content (AvgIpc) is 2.70. The summed E-state index contributed by atoms with van der Waals surface area (Å²) < 4.78 is 5.31. The van der Waals surface area contributed by atoms with E-state index in [1.54, 1.807) is 0 Å². The number of fused-ring (bicyclic) bond motifs is 1. The largest absolute Gasteiger partial charge is 0.459 e. The molecule has 0 bridgehead atoms. The van der Waals surface area contributed by atoms with Crippen molar-refractivity contribution in [3.8, 4) is 0 Å². The zero-order valence-electron chi connectivity index (χ0n) is 12.7. The molecular weight excluding hydrogens is 292 g/mol. The highest BCUT2D eigenvalue weighted by atomic mass is 35.5. The Kier molecular flexibility index (Phi) is 4.49. The molecule has 0 aliphatic carbocycles. The number of aromatic nitrogens is 3. The smallest absolute Gasteiger partial charge is 0.320 e. The maximum atomic E-state index is 11.8. The van der Waals surface area contributed by atoms with Gasteiger partial charge in [-0.1, -0.05) is 4.98 Å². The number of esters is 1. The summed E-state index contributed by atoms with van der Waals surface area (Å²) in [6.07, 6.45) is 3.40. The summed E-state index contributed by atoms with van der Waals surface area (Å²) in [5.41, 5.74) is 1.32. The lowest BCUT2D eigenvalue weighted by Crippen LogP contribution is -2.32. The van der Waals surface area contributed by atoms with E-state index in [2.05, 4.69) is 15.0 Å². The van der Waals surface area contributed by atoms with Crippen molar-refractivity contribution in [2.45, 2.75) is 32.9 Å². The molecule has 0 unspecified atom stereocenters. The van der Waals surface area contributed by atoms with E-state index in [9.17, 15) is 4.79 Å². The molecule has 2 rings (SSSR count). The highest BCUT2D eigenvalue weighted by Crippen LogP contribution is 2.22. The first-order valence-corrected chi connectivity index (χ1v) is 7.06. The summed E-state index contributed by atoms with van der Waals surface area (Å²) in [6, 6.07) is 0. The maximum absolute atomic E-state index is 11.8. The summed E-state index contributed by atoms with van der Waals surface area (Å²) in [4.78, 5) is 23.8. The number of nitrogens with one attached hydrogen (secondary N) is 2. The molecule has 0 fully saturated rings. The van der Waals surface area contributed by atoms with Crippen LogP contribution in [0.1, 0.15) is 26.3 Å². The number of hydrogen-bond acceptors (Lipinski definition) is 4. The molecule has 0 amide bonds. The van der Waals surface area contributed by atoms with Gasteiger partial charge in [-0.25, -0.2) is 4.98 Å². The Bertz CT molecular complexity index is 648. The lowest BCUT2D eigenvalue weighted by molar-refractivity contribution is -0.352. The zero-order chi connectivity index (χ0) is 15.6. The molecule has 0 saturated carbocycles. The summed E-state index contributed by atoms with van der Waals surface area (Å²) in [6.45, 7) is 6.34. The van der Waals surface area contributed by atoms with Crippen LogP contribution in [0.25, 0.3) is 11.0 Å². The number of hydrogen-bond donors (Lipinski definition) is 1. The second kappa shape index (κ2) is 5.99. The molecule has 0 saturated heterocycles. The number of carbonyl (C=O) groups is 1. The number of nitrogens with zero attached hydrogens (tertiary/aromatic N) is 2. The van der Waals surface area contributed by atoms with E-state index in [1.165, 1.54) is 6.33 Å². The Morgan fingerprint density at radius 3 is 2.90 bits per heavy atom. The van der Waals surface area contributed by atoms with Crippen molar-refractivity contribution < 1.29 is 14.5 Å². The second-order valence-corrected chi connectivity index (χ2v) is 6.37. The first kappa shape index (κ1) is 15.7. The molecule has 0 aromatic carbocycles. The van der Waals surface area contributed by atoms with Gasteiger partial charge in [0.1, 0.15) is 11.0 Å². The standard InChI is InChI=1S/C14H19ClN4O2/c1-14(2,3)21-10(20)7-19(4)6-9-5-16-13-11(9)12(15)17-8-18-13/h5,8H,6-7H2,1-4H3,(H,16,17,18)/p+1. The fraction of sp³-hybridized carbons (Fsp3) is 0.500. The van der Waals surface area contributed by atoms with Gasteiger partial charge in [0.15, 0.2) is 0 Å². The second-order valence-electron chi connectivity index (χ2n) is 6.02. The van der Waals surface area contributed by atoms with Crippen LogP contribution in [-0.4, -0.2) is 40.0 Å². The van der Waals surface area contributed by atoms with Crippen molar-refractivity contribution in [1.29, 1.82) is 0 Å². The predicted molar refractivity (Wildman–Crippen MR) is 79.8 cm³/mol. The number of H-pyrrole nitrogens is 2. The van der Waals surface area contributed by atoms with Crippen LogP contribution in [0.15, 0.2) is 12.5 Å². The van der Waals surface area contributed by atoms with Crippen LogP contribution < -0.4 is 4.98 Å². The van der Waals surface area contributed by atoms with Crippen molar-refractivity contribution in [3.63, 3.8) is 0 Å². The van der Waals surface area contributed by atoms with Gasteiger partial charge in [-0.05, 0) is 39.4 Å². The van der Waals surface area contributed by atoms with Crippen LogP contribution in [0.2, 0.25) is 5.15 Å². The third-order valence-corrected chi connectivity index (χ3v) is 3.10. The highest BCUT2D eigenvalue weighted by Gasteiger charge is 2.20. The minimum atomic E-state index is -0.471. The molecule has 2 aromatic heterocycles. The minimum absolute atomic E-state index is 0.214. The van der Waals surface area contributed by atoms with Crippen LogP contribution in [0.5, 0.6) is 0 Å². The summed E-state index contributed by atoms with van der Waals surface area (Å²) in [7, 11) is 1.86. The Labute approximate surface area is 128 Å². The summed E-state index contributed by atoms with van der Waals surface area (Å²) >= 11 is 6.12. The van der Waals surface area contributed by atoms with Crippen LogP contribution in [0.3, 0.4) is 0 Å². The SMILES string of the molecule is CN(CC(=O)OC(C)(C)C)Cc1c[nH]c2[nH+]cnc(Cl)c12. The number of halogens is 1. The van der Waals surface area contributed by atoms with Gasteiger partial charge in [-0.15, -0.1) is 0 Å². The molecule has 2 aromatic rings. The van der Waals surface area contributed by atoms with Crippen LogP contribution in [-0.2, 0) is 16.1 Å². The summed E-state index contributed by atoms with van der Waals surface area (Å²) in [5, 5.41) is 1.28. The van der Waals surface area contributed by atoms with Gasteiger partial charge < -0.3 is 4.74 Å². The Morgan fingerprint density at radius 2 is 2.24 bits per heavy atom. The van der Waals surface area contributed by atoms with E-state index in [-0.39, 0.29) is 12.5 Å². The van der Waals surface area contributed by atoms with Gasteiger partial charge >= 0.3 is 5.97 Å². The summed E-state index contributed by atoms with van der Waals surface area (Å²) in [5.74, 6) is -0.249. The molecule has 0 spiro atoms. The molecule has 0 radical (unpaired) electrons. The quantitative estimate of drug-likeness (QED) is 0.690. The number of likely N-dealkylation sites (N-methyl/N-ethyl adjacent to an activating group) is 1. The average molecular weight is 312 g/mol. The monoisotopic (exact) mass is 311 g/mol. The van der Waals surface area contributed by atoms with E-state index in [4.69, 9.17) is 16.3 Å². The number of rotatable bonds is 4. The number of aromatic amines is 2. The molecule has 0 atom stereocenters. The lowest BCUT2D eigenvalue weighted by Gasteiger charge is -2.22. The van der Waals surface area contributed by atoms with Crippen LogP contribution >= 0.6 is 11.6 Å². The van der Waals surface area contributed by atoms with Gasteiger partial charge in [0.25, 0.3) is 0 Å². The van der Waals surface area contributed by atoms with E-state index < -0.39 is 5.60 Å². The predicted octanol–water partition coefficient (Wildman–Crippen LogP) is 1.80. The van der Waals surface area contributed by atoms with Crippen molar-refractivity contribution in [3.05, 3.63) is 23.2 Å². The topological polar surface area (TPSA) is 72.4 Å². The maximum Gasteiger partial charge on any atom is 0.320 e. The lowest BCUT2D eigenvalue weighted by atomic mass is 10.2. The molecule has 6 nitrogen and oxygen atoms in total.